The van der Waals surface area contributed by atoms with Crippen LogP contribution in [0, 0.1) is 5.92 Å². The summed E-state index contributed by atoms with van der Waals surface area (Å²) in [5.74, 6) is -0.552. The molecule has 2 atom stereocenters. The van der Waals surface area contributed by atoms with Gasteiger partial charge in [-0.1, -0.05) is 19.4 Å². The van der Waals surface area contributed by atoms with Crippen molar-refractivity contribution in [3.63, 3.8) is 0 Å². The zero-order chi connectivity index (χ0) is 11.5. The number of aliphatic carboxylic acids is 1. The van der Waals surface area contributed by atoms with Crippen molar-refractivity contribution < 1.29 is 9.90 Å². The highest BCUT2D eigenvalue weighted by Crippen LogP contribution is 2.40. The first-order chi connectivity index (χ1) is 7.70. The van der Waals surface area contributed by atoms with Gasteiger partial charge in [-0.05, 0) is 18.8 Å². The van der Waals surface area contributed by atoms with Gasteiger partial charge < -0.3 is 5.11 Å². The van der Waals surface area contributed by atoms with E-state index in [1.807, 2.05) is 10.9 Å². The maximum absolute atomic E-state index is 11.0. The number of nitrogens with zero attached hydrogens (tertiary/aromatic N) is 1. The summed E-state index contributed by atoms with van der Waals surface area (Å²) in [6.45, 7) is 3.71. The highest BCUT2D eigenvalue weighted by molar-refractivity contribution is 7.07. The molecule has 1 heterocycles. The summed E-state index contributed by atoms with van der Waals surface area (Å²) in [5, 5.41) is 11.1. The molecule has 2 unspecified atom stereocenters. The van der Waals surface area contributed by atoms with Crippen LogP contribution in [0.15, 0.2) is 23.0 Å². The fourth-order valence-corrected chi connectivity index (χ4v) is 3.08. The molecule has 3 nitrogen and oxygen atoms in total. The second kappa shape index (κ2) is 4.78. The maximum atomic E-state index is 11.0. The molecule has 1 fully saturated rings. The first-order valence-corrected chi connectivity index (χ1v) is 6.44. The molecule has 86 valence electrons. The van der Waals surface area contributed by atoms with Crippen molar-refractivity contribution in [2.75, 3.05) is 0 Å². The van der Waals surface area contributed by atoms with Crippen LogP contribution in [0.25, 0.3) is 0 Å². The van der Waals surface area contributed by atoms with Crippen LogP contribution in [-0.4, -0.2) is 16.1 Å². The van der Waals surface area contributed by atoms with Gasteiger partial charge in [-0.15, -0.1) is 11.3 Å². The molecule has 1 saturated carbocycles. The van der Waals surface area contributed by atoms with Gasteiger partial charge in [0.1, 0.15) is 0 Å². The van der Waals surface area contributed by atoms with E-state index in [4.69, 9.17) is 5.11 Å². The average Bonchev–Trinajstić information content (AvgIpc) is 2.81. The Hall–Kier alpha value is -1.16. The van der Waals surface area contributed by atoms with Crippen LogP contribution in [-0.2, 0) is 4.79 Å². The van der Waals surface area contributed by atoms with Crippen LogP contribution in [0.4, 0.5) is 0 Å². The van der Waals surface area contributed by atoms with Crippen molar-refractivity contribution in [3.05, 3.63) is 28.7 Å². The Labute approximate surface area is 98.8 Å². The van der Waals surface area contributed by atoms with Gasteiger partial charge in [-0.3, -0.25) is 0 Å². The first-order valence-electron chi connectivity index (χ1n) is 5.50. The Morgan fingerprint density at radius 3 is 2.88 bits per heavy atom. The van der Waals surface area contributed by atoms with E-state index >= 15 is 0 Å². The molecule has 0 saturated heterocycles. The number of hydrogen-bond acceptors (Lipinski definition) is 3. The van der Waals surface area contributed by atoms with Gasteiger partial charge in [-0.2, -0.15) is 0 Å². The molecule has 0 amide bonds. The molecule has 0 spiro atoms. The monoisotopic (exact) mass is 237 g/mol. The van der Waals surface area contributed by atoms with E-state index in [-0.39, 0.29) is 11.8 Å². The summed E-state index contributed by atoms with van der Waals surface area (Å²) in [7, 11) is 0. The molecule has 1 aromatic rings. The first kappa shape index (κ1) is 11.3. The van der Waals surface area contributed by atoms with Gasteiger partial charge in [0.05, 0.1) is 11.2 Å². The number of carboxylic acid groups (broad SMARTS) is 1. The molecular weight excluding hydrogens is 222 g/mol. The maximum Gasteiger partial charge on any atom is 0.331 e. The van der Waals surface area contributed by atoms with E-state index in [9.17, 15) is 4.79 Å². The van der Waals surface area contributed by atoms with Crippen LogP contribution in [0.3, 0.4) is 0 Å². The van der Waals surface area contributed by atoms with E-state index in [1.165, 1.54) is 0 Å². The zero-order valence-electron chi connectivity index (χ0n) is 9.06. The Kier molecular flexibility index (Phi) is 3.39. The van der Waals surface area contributed by atoms with E-state index < -0.39 is 5.97 Å². The summed E-state index contributed by atoms with van der Waals surface area (Å²) < 4.78 is 0. The number of rotatable bonds is 3. The lowest BCUT2D eigenvalue weighted by Crippen LogP contribution is -2.23. The molecule has 2 rings (SSSR count). The third kappa shape index (κ3) is 2.16. The van der Waals surface area contributed by atoms with Crippen LogP contribution in [0.2, 0.25) is 0 Å². The number of carbonyl (C=O) groups is 1. The fourth-order valence-electron chi connectivity index (χ4n) is 2.47. The molecule has 0 aromatic carbocycles. The minimum atomic E-state index is -0.868. The van der Waals surface area contributed by atoms with Crippen molar-refractivity contribution in [1.29, 1.82) is 0 Å². The number of hydrogen-bond donors (Lipinski definition) is 1. The lowest BCUT2D eigenvalue weighted by molar-refractivity contribution is -0.133. The highest BCUT2D eigenvalue weighted by Gasteiger charge is 2.32. The van der Waals surface area contributed by atoms with Gasteiger partial charge in [0, 0.05) is 16.9 Å². The van der Waals surface area contributed by atoms with Gasteiger partial charge >= 0.3 is 5.97 Å². The number of thiazole rings is 1. The molecular formula is C12H15NO2S. The smallest absolute Gasteiger partial charge is 0.331 e. The number of aromatic nitrogens is 1. The number of carboxylic acids is 1. The normalized spacial score (nSPS) is 25.2. The molecule has 1 aliphatic rings. The quantitative estimate of drug-likeness (QED) is 0.822. The van der Waals surface area contributed by atoms with Gasteiger partial charge in [-0.25, -0.2) is 9.78 Å². The van der Waals surface area contributed by atoms with E-state index in [2.05, 4.69) is 11.6 Å². The van der Waals surface area contributed by atoms with Crippen molar-refractivity contribution in [3.8, 4) is 0 Å². The minimum Gasteiger partial charge on any atom is -0.478 e. The average molecular weight is 237 g/mol. The summed E-state index contributed by atoms with van der Waals surface area (Å²) in [6.07, 6.45) is 4.21. The minimum absolute atomic E-state index is 0.0633. The Balaban J connectivity index is 2.21. The zero-order valence-corrected chi connectivity index (χ0v) is 9.87. The van der Waals surface area contributed by atoms with Gasteiger partial charge in [0.15, 0.2) is 0 Å². The lowest BCUT2D eigenvalue weighted by Gasteiger charge is -2.30. The predicted octanol–water partition coefficient (Wildman–Crippen LogP) is 3.06. The summed E-state index contributed by atoms with van der Waals surface area (Å²) >= 11 is 1.57. The van der Waals surface area contributed by atoms with Crippen molar-refractivity contribution >= 4 is 17.3 Å². The summed E-state index contributed by atoms with van der Waals surface area (Å²) in [4.78, 5) is 15.3. The van der Waals surface area contributed by atoms with Crippen LogP contribution >= 0.6 is 11.3 Å². The van der Waals surface area contributed by atoms with Crippen molar-refractivity contribution in [1.82, 2.24) is 4.98 Å². The van der Waals surface area contributed by atoms with E-state index in [0.29, 0.717) is 5.57 Å². The molecule has 4 heteroatoms. The largest absolute Gasteiger partial charge is 0.478 e. The molecule has 0 aliphatic heterocycles. The van der Waals surface area contributed by atoms with Crippen LogP contribution in [0.5, 0.6) is 0 Å². The van der Waals surface area contributed by atoms with Crippen molar-refractivity contribution in [2.45, 2.75) is 31.6 Å². The summed E-state index contributed by atoms with van der Waals surface area (Å²) in [6, 6.07) is 0. The molecule has 0 radical (unpaired) electrons. The predicted molar refractivity (Wildman–Crippen MR) is 63.6 cm³/mol. The highest BCUT2D eigenvalue weighted by atomic mass is 32.1. The molecule has 1 aliphatic carbocycles. The standard InChI is InChI=1S/C12H15NO2S/c1-8(12(14)15)9-4-2-3-5-10(9)11-6-16-7-13-11/h6-7,9-10H,1-5H2,(H,14,15). The Morgan fingerprint density at radius 2 is 2.25 bits per heavy atom. The van der Waals surface area contributed by atoms with E-state index in [0.717, 1.165) is 31.4 Å². The third-order valence-electron chi connectivity index (χ3n) is 3.32. The van der Waals surface area contributed by atoms with E-state index in [1.54, 1.807) is 11.3 Å². The Morgan fingerprint density at radius 1 is 1.50 bits per heavy atom. The van der Waals surface area contributed by atoms with Gasteiger partial charge in [0.2, 0.25) is 0 Å². The SMILES string of the molecule is C=C(C(=O)O)C1CCCCC1c1cscn1. The molecule has 16 heavy (non-hydrogen) atoms. The van der Waals surface area contributed by atoms with Gasteiger partial charge in [0.25, 0.3) is 0 Å². The third-order valence-corrected chi connectivity index (χ3v) is 3.92. The molecule has 1 N–H and O–H groups in total. The van der Waals surface area contributed by atoms with Crippen molar-refractivity contribution in [2.24, 2.45) is 5.92 Å². The second-order valence-electron chi connectivity index (χ2n) is 4.24. The lowest BCUT2D eigenvalue weighted by atomic mass is 9.74. The molecule has 0 bridgehead atoms. The topological polar surface area (TPSA) is 50.2 Å². The van der Waals surface area contributed by atoms with Crippen LogP contribution < -0.4 is 0 Å². The van der Waals surface area contributed by atoms with Crippen LogP contribution in [0.1, 0.15) is 37.3 Å². The second-order valence-corrected chi connectivity index (χ2v) is 4.96. The Bertz CT molecular complexity index is 386. The molecule has 1 aromatic heterocycles. The fraction of sp³-hybridized carbons (Fsp3) is 0.500. The summed E-state index contributed by atoms with van der Waals surface area (Å²) in [5.41, 5.74) is 3.19.